The Morgan fingerprint density at radius 3 is 2.32 bits per heavy atom. The van der Waals surface area contributed by atoms with Gasteiger partial charge in [0.2, 0.25) is 11.8 Å². The summed E-state index contributed by atoms with van der Waals surface area (Å²) in [4.78, 5) is 26.0. The molecular weight excluding hydrogens is 324 g/mol. The predicted molar refractivity (Wildman–Crippen MR) is 93.6 cm³/mol. The number of carbonyl (C=O) groups excluding carboxylic acids is 2. The Hall–Kier alpha value is -2.54. The Morgan fingerprint density at radius 1 is 1.16 bits per heavy atom. The molecule has 2 rings (SSSR count). The van der Waals surface area contributed by atoms with Gasteiger partial charge in [-0.3, -0.25) is 9.59 Å². The highest BCUT2D eigenvalue weighted by atomic mass is 16.5. The molecule has 7 nitrogen and oxygen atoms in total. The monoisotopic (exact) mass is 348 g/mol. The number of ether oxygens (including phenoxy) is 3. The van der Waals surface area contributed by atoms with Crippen molar-refractivity contribution in [2.24, 2.45) is 0 Å². The summed E-state index contributed by atoms with van der Waals surface area (Å²) >= 11 is 0. The van der Waals surface area contributed by atoms with Crippen molar-refractivity contribution >= 4 is 17.9 Å². The number of nitrogens with zero attached hydrogens (tertiary/aromatic N) is 1. The molecule has 0 aromatic heterocycles. The van der Waals surface area contributed by atoms with Crippen LogP contribution in [0.15, 0.2) is 24.3 Å². The zero-order valence-electron chi connectivity index (χ0n) is 14.8. The first kappa shape index (κ1) is 18.8. The number of carbonyl (C=O) groups is 2. The third-order valence-corrected chi connectivity index (χ3v) is 3.85. The molecule has 1 saturated heterocycles. The Balaban J connectivity index is 1.94. The summed E-state index contributed by atoms with van der Waals surface area (Å²) in [6.07, 6.45) is 3.03. The number of rotatable bonds is 6. The summed E-state index contributed by atoms with van der Waals surface area (Å²) in [5.74, 6) is 0.828. The van der Waals surface area contributed by atoms with Gasteiger partial charge in [0.25, 0.3) is 0 Å². The normalized spacial score (nSPS) is 15.7. The number of methoxy groups -OCH3 is 2. The molecule has 1 N–H and O–H groups in total. The Labute approximate surface area is 147 Å². The lowest BCUT2D eigenvalue weighted by Gasteiger charge is -2.29. The topological polar surface area (TPSA) is 77.1 Å². The summed E-state index contributed by atoms with van der Waals surface area (Å²) in [7, 11) is 3.13. The van der Waals surface area contributed by atoms with Gasteiger partial charge >= 0.3 is 0 Å². The molecule has 1 aliphatic heterocycles. The quantitative estimate of drug-likeness (QED) is 0.779. The summed E-state index contributed by atoms with van der Waals surface area (Å²) in [5, 5.41) is 2.68. The largest absolute Gasteiger partial charge is 0.497 e. The van der Waals surface area contributed by atoms with Crippen molar-refractivity contribution in [3.63, 3.8) is 0 Å². The van der Waals surface area contributed by atoms with E-state index in [1.807, 2.05) is 0 Å². The van der Waals surface area contributed by atoms with Crippen LogP contribution in [0.4, 0.5) is 0 Å². The minimum Gasteiger partial charge on any atom is -0.497 e. The first-order valence-corrected chi connectivity index (χ1v) is 8.11. The molecule has 1 heterocycles. The number of hydrogen-bond donors (Lipinski definition) is 1. The number of hydrogen-bond acceptors (Lipinski definition) is 5. The van der Waals surface area contributed by atoms with Gasteiger partial charge in [0.15, 0.2) is 0 Å². The molecule has 1 atom stereocenters. The molecule has 0 spiro atoms. The van der Waals surface area contributed by atoms with Crippen LogP contribution in [-0.2, 0) is 14.3 Å². The summed E-state index contributed by atoms with van der Waals surface area (Å²) in [6, 6.07) is 4.74. The zero-order valence-corrected chi connectivity index (χ0v) is 14.8. The molecule has 1 aliphatic rings. The van der Waals surface area contributed by atoms with E-state index in [1.165, 1.54) is 6.08 Å². The lowest BCUT2D eigenvalue weighted by Crippen LogP contribution is -2.50. The predicted octanol–water partition coefficient (Wildman–Crippen LogP) is 1.08. The lowest BCUT2D eigenvalue weighted by atomic mass is 10.2. The van der Waals surface area contributed by atoms with E-state index in [2.05, 4.69) is 5.32 Å². The molecule has 2 amide bonds. The van der Waals surface area contributed by atoms with E-state index in [9.17, 15) is 9.59 Å². The highest BCUT2D eigenvalue weighted by Gasteiger charge is 2.22. The highest BCUT2D eigenvalue weighted by molar-refractivity contribution is 5.95. The van der Waals surface area contributed by atoms with Crippen molar-refractivity contribution in [3.05, 3.63) is 29.8 Å². The minimum absolute atomic E-state index is 0.104. The molecular formula is C18H24N2O5. The van der Waals surface area contributed by atoms with E-state index >= 15 is 0 Å². The van der Waals surface area contributed by atoms with Crippen LogP contribution in [0, 0.1) is 0 Å². The van der Waals surface area contributed by atoms with Crippen LogP contribution in [0.1, 0.15) is 12.5 Å². The van der Waals surface area contributed by atoms with Gasteiger partial charge in [-0.25, -0.2) is 0 Å². The Kier molecular flexibility index (Phi) is 6.82. The molecule has 0 bridgehead atoms. The fraction of sp³-hybridized carbons (Fsp3) is 0.444. The van der Waals surface area contributed by atoms with E-state index in [-0.39, 0.29) is 11.8 Å². The Morgan fingerprint density at radius 2 is 1.76 bits per heavy atom. The second-order valence-electron chi connectivity index (χ2n) is 5.65. The van der Waals surface area contributed by atoms with Gasteiger partial charge in [-0.05, 0) is 30.7 Å². The van der Waals surface area contributed by atoms with E-state index in [4.69, 9.17) is 14.2 Å². The number of benzene rings is 1. The molecule has 136 valence electrons. The van der Waals surface area contributed by atoms with Gasteiger partial charge in [-0.2, -0.15) is 0 Å². The lowest BCUT2D eigenvalue weighted by molar-refractivity contribution is -0.138. The Bertz CT molecular complexity index is 616. The molecule has 0 radical (unpaired) electrons. The van der Waals surface area contributed by atoms with Crippen LogP contribution in [0.5, 0.6) is 11.5 Å². The average Bonchev–Trinajstić information content (AvgIpc) is 2.66. The number of morpholine rings is 1. The van der Waals surface area contributed by atoms with Gasteiger partial charge < -0.3 is 24.4 Å². The van der Waals surface area contributed by atoms with Crippen LogP contribution in [-0.4, -0.2) is 63.3 Å². The second-order valence-corrected chi connectivity index (χ2v) is 5.65. The van der Waals surface area contributed by atoms with Crippen LogP contribution in [0.2, 0.25) is 0 Å². The molecule has 1 fully saturated rings. The van der Waals surface area contributed by atoms with Crippen LogP contribution in [0.3, 0.4) is 0 Å². The smallest absolute Gasteiger partial charge is 0.245 e. The standard InChI is InChI=1S/C18H24N2O5/c1-13(18(22)20-6-8-25-9-7-20)19-17(21)5-4-14-10-15(23-2)12-16(11-14)24-3/h4-5,10-13H,6-9H2,1-3H3,(H,19,21)/b5-4+/t13-/m1/s1. The van der Waals surface area contributed by atoms with E-state index in [1.54, 1.807) is 50.3 Å². The van der Waals surface area contributed by atoms with E-state index in [0.29, 0.717) is 37.8 Å². The van der Waals surface area contributed by atoms with Crippen LogP contribution in [0.25, 0.3) is 6.08 Å². The SMILES string of the molecule is COc1cc(/C=C/C(=O)N[C@H](C)C(=O)N2CCOCC2)cc(OC)c1. The van der Waals surface area contributed by atoms with E-state index in [0.717, 1.165) is 5.56 Å². The zero-order chi connectivity index (χ0) is 18.2. The van der Waals surface area contributed by atoms with Crippen molar-refractivity contribution in [1.29, 1.82) is 0 Å². The molecule has 1 aromatic rings. The molecule has 0 unspecified atom stereocenters. The van der Waals surface area contributed by atoms with Crippen LogP contribution < -0.4 is 14.8 Å². The van der Waals surface area contributed by atoms with Crippen molar-refractivity contribution in [3.8, 4) is 11.5 Å². The van der Waals surface area contributed by atoms with Crippen molar-refractivity contribution in [2.75, 3.05) is 40.5 Å². The second kappa shape index (κ2) is 9.08. The van der Waals surface area contributed by atoms with Gasteiger partial charge in [-0.15, -0.1) is 0 Å². The summed E-state index contributed by atoms with van der Waals surface area (Å²) in [6.45, 7) is 3.85. The van der Waals surface area contributed by atoms with Gasteiger partial charge in [-0.1, -0.05) is 0 Å². The fourth-order valence-electron chi connectivity index (χ4n) is 2.48. The van der Waals surface area contributed by atoms with Crippen molar-refractivity contribution < 1.29 is 23.8 Å². The number of amides is 2. The molecule has 25 heavy (non-hydrogen) atoms. The number of nitrogens with one attached hydrogen (secondary N) is 1. The summed E-state index contributed by atoms with van der Waals surface area (Å²) < 4.78 is 15.6. The van der Waals surface area contributed by atoms with E-state index < -0.39 is 6.04 Å². The van der Waals surface area contributed by atoms with Crippen molar-refractivity contribution in [1.82, 2.24) is 10.2 Å². The summed E-state index contributed by atoms with van der Waals surface area (Å²) in [5.41, 5.74) is 0.763. The highest BCUT2D eigenvalue weighted by Crippen LogP contribution is 2.23. The van der Waals surface area contributed by atoms with Crippen molar-refractivity contribution in [2.45, 2.75) is 13.0 Å². The maximum Gasteiger partial charge on any atom is 0.245 e. The fourth-order valence-corrected chi connectivity index (χ4v) is 2.48. The third-order valence-electron chi connectivity index (χ3n) is 3.85. The van der Waals surface area contributed by atoms with Gasteiger partial charge in [0.1, 0.15) is 17.5 Å². The third kappa shape index (κ3) is 5.49. The van der Waals surface area contributed by atoms with Gasteiger partial charge in [0, 0.05) is 25.2 Å². The average molecular weight is 348 g/mol. The first-order valence-electron chi connectivity index (χ1n) is 8.11. The maximum absolute atomic E-state index is 12.3. The molecule has 7 heteroatoms. The molecule has 0 aliphatic carbocycles. The maximum atomic E-state index is 12.3. The van der Waals surface area contributed by atoms with Gasteiger partial charge in [0.05, 0.1) is 27.4 Å². The molecule has 1 aromatic carbocycles. The van der Waals surface area contributed by atoms with Crippen LogP contribution >= 0.6 is 0 Å². The molecule has 0 saturated carbocycles. The first-order chi connectivity index (χ1) is 12.0. The minimum atomic E-state index is -0.588.